The van der Waals surface area contributed by atoms with Crippen molar-refractivity contribution >= 4 is 15.7 Å². The number of rotatable bonds is 9. The fraction of sp³-hybridized carbons (Fsp3) is 0.357. The molecule has 0 saturated heterocycles. The maximum atomic E-state index is 11.4. The zero-order valence-corrected chi connectivity index (χ0v) is 12.7. The predicted molar refractivity (Wildman–Crippen MR) is 80.3 cm³/mol. The highest BCUT2D eigenvalue weighted by atomic mass is 32.2. The lowest BCUT2D eigenvalue weighted by Crippen LogP contribution is -2.33. The molecule has 0 saturated carbocycles. The molecule has 0 heterocycles. The molecule has 0 fully saturated rings. The van der Waals surface area contributed by atoms with E-state index < -0.39 is 21.5 Å². The van der Waals surface area contributed by atoms with Gasteiger partial charge in [-0.1, -0.05) is 6.08 Å². The van der Waals surface area contributed by atoms with Crippen molar-refractivity contribution in [2.75, 3.05) is 31.8 Å². The standard InChI is InChI=1S/C14H19NO5S/c1-3-10-21(17,18)11-14(16)15-8-9-20-13-6-4-12(19-2)5-7-13/h3-7H,1,8-11H2,2H3,(H,15,16). The number of carbonyl (C=O) groups is 1. The van der Waals surface area contributed by atoms with Gasteiger partial charge in [-0.2, -0.15) is 0 Å². The third-order valence-corrected chi connectivity index (χ3v) is 3.92. The first-order valence-electron chi connectivity index (χ1n) is 6.31. The number of nitrogens with one attached hydrogen (secondary N) is 1. The summed E-state index contributed by atoms with van der Waals surface area (Å²) in [4.78, 5) is 11.4. The minimum Gasteiger partial charge on any atom is -0.497 e. The summed E-state index contributed by atoms with van der Waals surface area (Å²) in [6, 6.07) is 7.01. The Kier molecular flexibility index (Phi) is 6.74. The maximum Gasteiger partial charge on any atom is 0.235 e. The van der Waals surface area contributed by atoms with Crippen LogP contribution in [0.2, 0.25) is 0 Å². The maximum absolute atomic E-state index is 11.4. The number of ether oxygens (including phenoxy) is 2. The zero-order valence-electron chi connectivity index (χ0n) is 11.9. The van der Waals surface area contributed by atoms with Crippen molar-refractivity contribution in [1.29, 1.82) is 0 Å². The Morgan fingerprint density at radius 3 is 2.48 bits per heavy atom. The van der Waals surface area contributed by atoms with Gasteiger partial charge < -0.3 is 14.8 Å². The minimum atomic E-state index is -3.41. The van der Waals surface area contributed by atoms with Crippen LogP contribution in [0.4, 0.5) is 0 Å². The summed E-state index contributed by atoms with van der Waals surface area (Å²) in [6.07, 6.45) is 1.26. The van der Waals surface area contributed by atoms with Gasteiger partial charge >= 0.3 is 0 Å². The monoisotopic (exact) mass is 313 g/mol. The predicted octanol–water partition coefficient (Wildman–Crippen LogP) is 0.791. The van der Waals surface area contributed by atoms with Gasteiger partial charge in [-0.05, 0) is 24.3 Å². The van der Waals surface area contributed by atoms with Crippen LogP contribution in [0.15, 0.2) is 36.9 Å². The summed E-state index contributed by atoms with van der Waals surface area (Å²) in [5.74, 6) is 0.0761. The Balaban J connectivity index is 2.27. The lowest BCUT2D eigenvalue weighted by Gasteiger charge is -2.08. The van der Waals surface area contributed by atoms with Gasteiger partial charge in [-0.25, -0.2) is 8.42 Å². The molecular formula is C14H19NO5S. The molecule has 1 N–H and O–H groups in total. The molecule has 0 unspecified atom stereocenters. The second-order valence-electron chi connectivity index (χ2n) is 4.22. The normalized spacial score (nSPS) is 10.7. The number of sulfone groups is 1. The number of methoxy groups -OCH3 is 1. The average molecular weight is 313 g/mol. The van der Waals surface area contributed by atoms with Gasteiger partial charge in [0, 0.05) is 0 Å². The summed E-state index contributed by atoms with van der Waals surface area (Å²) in [6.45, 7) is 3.81. The van der Waals surface area contributed by atoms with Crippen LogP contribution in [-0.2, 0) is 14.6 Å². The van der Waals surface area contributed by atoms with Crippen LogP contribution < -0.4 is 14.8 Å². The van der Waals surface area contributed by atoms with Gasteiger partial charge in [0.05, 0.1) is 19.4 Å². The van der Waals surface area contributed by atoms with E-state index in [9.17, 15) is 13.2 Å². The van der Waals surface area contributed by atoms with Crippen LogP contribution in [-0.4, -0.2) is 46.1 Å². The first-order chi connectivity index (χ1) is 9.96. The summed E-state index contributed by atoms with van der Waals surface area (Å²) >= 11 is 0. The van der Waals surface area contributed by atoms with Gasteiger partial charge in [0.15, 0.2) is 9.84 Å². The molecule has 0 atom stereocenters. The minimum absolute atomic E-state index is 0.206. The third kappa shape index (κ3) is 6.80. The fourth-order valence-electron chi connectivity index (χ4n) is 1.52. The SMILES string of the molecule is C=CCS(=O)(=O)CC(=O)NCCOc1ccc(OC)cc1. The molecule has 0 aliphatic heterocycles. The lowest BCUT2D eigenvalue weighted by atomic mass is 10.3. The molecule has 0 bridgehead atoms. The molecule has 1 amide bonds. The number of amides is 1. The Morgan fingerprint density at radius 1 is 1.29 bits per heavy atom. The van der Waals surface area contributed by atoms with Gasteiger partial charge in [0.2, 0.25) is 5.91 Å². The molecule has 0 radical (unpaired) electrons. The smallest absolute Gasteiger partial charge is 0.235 e. The first kappa shape index (κ1) is 17.0. The van der Waals surface area contributed by atoms with E-state index in [1.165, 1.54) is 6.08 Å². The largest absolute Gasteiger partial charge is 0.497 e. The van der Waals surface area contributed by atoms with E-state index in [2.05, 4.69) is 11.9 Å². The molecule has 21 heavy (non-hydrogen) atoms. The number of hydrogen-bond donors (Lipinski definition) is 1. The quantitative estimate of drug-likeness (QED) is 0.538. The Bertz CT molecular complexity index is 566. The molecule has 6 nitrogen and oxygen atoms in total. The summed E-state index contributed by atoms with van der Waals surface area (Å²) in [5.41, 5.74) is 0. The van der Waals surface area contributed by atoms with Gasteiger partial charge in [0.1, 0.15) is 23.9 Å². The zero-order chi connectivity index (χ0) is 15.7. The van der Waals surface area contributed by atoms with Crippen LogP contribution in [0, 0.1) is 0 Å². The summed E-state index contributed by atoms with van der Waals surface area (Å²) in [7, 11) is -1.84. The highest BCUT2D eigenvalue weighted by Crippen LogP contribution is 2.16. The number of carbonyl (C=O) groups excluding carboxylic acids is 1. The second kappa shape index (κ2) is 8.31. The van der Waals surface area contributed by atoms with Crippen molar-refractivity contribution in [3.63, 3.8) is 0 Å². The highest BCUT2D eigenvalue weighted by Gasteiger charge is 2.14. The van der Waals surface area contributed by atoms with Crippen molar-refractivity contribution in [2.24, 2.45) is 0 Å². The number of hydrogen-bond acceptors (Lipinski definition) is 5. The van der Waals surface area contributed by atoms with Gasteiger partial charge in [-0.15, -0.1) is 6.58 Å². The van der Waals surface area contributed by atoms with E-state index in [1.54, 1.807) is 31.4 Å². The van der Waals surface area contributed by atoms with Crippen LogP contribution in [0.5, 0.6) is 11.5 Å². The van der Waals surface area contributed by atoms with Crippen molar-refractivity contribution in [3.05, 3.63) is 36.9 Å². The van der Waals surface area contributed by atoms with Crippen LogP contribution >= 0.6 is 0 Å². The van der Waals surface area contributed by atoms with Gasteiger partial charge in [0.25, 0.3) is 0 Å². The molecule has 116 valence electrons. The molecule has 1 rings (SSSR count). The van der Waals surface area contributed by atoms with Crippen molar-refractivity contribution in [1.82, 2.24) is 5.32 Å². The summed E-state index contributed by atoms with van der Waals surface area (Å²) in [5, 5.41) is 2.49. The highest BCUT2D eigenvalue weighted by molar-refractivity contribution is 7.92. The van der Waals surface area contributed by atoms with E-state index in [0.717, 1.165) is 5.75 Å². The van der Waals surface area contributed by atoms with E-state index in [4.69, 9.17) is 9.47 Å². The summed E-state index contributed by atoms with van der Waals surface area (Å²) < 4.78 is 33.2. The van der Waals surface area contributed by atoms with Crippen LogP contribution in [0.1, 0.15) is 0 Å². The van der Waals surface area contributed by atoms with Crippen LogP contribution in [0.3, 0.4) is 0 Å². The van der Waals surface area contributed by atoms with E-state index in [1.807, 2.05) is 0 Å². The fourth-order valence-corrected chi connectivity index (χ4v) is 2.50. The third-order valence-electron chi connectivity index (χ3n) is 2.48. The van der Waals surface area contributed by atoms with Crippen molar-refractivity contribution < 1.29 is 22.7 Å². The Morgan fingerprint density at radius 2 is 1.90 bits per heavy atom. The second-order valence-corrected chi connectivity index (χ2v) is 6.33. The molecule has 7 heteroatoms. The molecule has 0 aliphatic carbocycles. The topological polar surface area (TPSA) is 81.7 Å². The Hall–Kier alpha value is -2.02. The molecular weight excluding hydrogens is 294 g/mol. The molecule has 0 aromatic heterocycles. The first-order valence-corrected chi connectivity index (χ1v) is 8.14. The molecule has 1 aromatic rings. The van der Waals surface area contributed by atoms with Crippen molar-refractivity contribution in [2.45, 2.75) is 0 Å². The molecule has 1 aromatic carbocycles. The van der Waals surface area contributed by atoms with E-state index in [0.29, 0.717) is 5.75 Å². The molecule has 0 spiro atoms. The average Bonchev–Trinajstić information content (AvgIpc) is 2.43. The lowest BCUT2D eigenvalue weighted by molar-refractivity contribution is -0.118. The van der Waals surface area contributed by atoms with E-state index >= 15 is 0 Å². The van der Waals surface area contributed by atoms with E-state index in [-0.39, 0.29) is 18.9 Å². The Labute approximate surface area is 124 Å². The van der Waals surface area contributed by atoms with Gasteiger partial charge in [-0.3, -0.25) is 4.79 Å². The van der Waals surface area contributed by atoms with Crippen molar-refractivity contribution in [3.8, 4) is 11.5 Å². The number of benzene rings is 1. The molecule has 0 aliphatic rings. The van der Waals surface area contributed by atoms with Crippen LogP contribution in [0.25, 0.3) is 0 Å².